The van der Waals surface area contributed by atoms with Gasteiger partial charge in [-0.15, -0.1) is 0 Å². The van der Waals surface area contributed by atoms with Crippen molar-refractivity contribution in [3.63, 3.8) is 0 Å². The van der Waals surface area contributed by atoms with E-state index in [-0.39, 0.29) is 0 Å². The molecule has 0 atom stereocenters. The molecular formula is C15H31N. The summed E-state index contributed by atoms with van der Waals surface area (Å²) in [5.74, 6) is 0. The number of rotatable bonds is 11. The van der Waals surface area contributed by atoms with Crippen molar-refractivity contribution >= 4 is 0 Å². The Balaban J connectivity index is 3.25. The normalized spacial score (nSPS) is 12.1. The number of hydrogen-bond acceptors (Lipinski definition) is 1. The Morgan fingerprint density at radius 2 is 1.75 bits per heavy atom. The van der Waals surface area contributed by atoms with Crippen LogP contribution in [0.1, 0.15) is 71.6 Å². The average Bonchev–Trinajstić information content (AvgIpc) is 2.29. The first kappa shape index (κ1) is 15.7. The highest BCUT2D eigenvalue weighted by molar-refractivity contribution is 4.97. The van der Waals surface area contributed by atoms with E-state index in [1.54, 1.807) is 5.57 Å². The minimum Gasteiger partial charge on any atom is -0.320 e. The highest BCUT2D eigenvalue weighted by atomic mass is 14.8. The number of hydrogen-bond donors (Lipinski definition) is 1. The first-order valence-corrected chi connectivity index (χ1v) is 7.11. The second-order valence-corrected chi connectivity index (χ2v) is 4.81. The summed E-state index contributed by atoms with van der Waals surface area (Å²) in [5, 5.41) is 3.20. The van der Waals surface area contributed by atoms with E-state index in [0.29, 0.717) is 0 Å². The summed E-state index contributed by atoms with van der Waals surface area (Å²) in [6.45, 7) is 5.73. The van der Waals surface area contributed by atoms with Gasteiger partial charge in [0.15, 0.2) is 0 Å². The first-order valence-electron chi connectivity index (χ1n) is 7.11. The fourth-order valence-corrected chi connectivity index (χ4v) is 1.90. The van der Waals surface area contributed by atoms with E-state index in [2.05, 4.69) is 25.2 Å². The average molecular weight is 225 g/mol. The molecule has 0 aromatic rings. The molecule has 0 bridgehead atoms. The summed E-state index contributed by atoms with van der Waals surface area (Å²) in [4.78, 5) is 0. The maximum atomic E-state index is 3.20. The van der Waals surface area contributed by atoms with Gasteiger partial charge >= 0.3 is 0 Å². The fourth-order valence-electron chi connectivity index (χ4n) is 1.90. The summed E-state index contributed by atoms with van der Waals surface area (Å²) in [6.07, 6.45) is 14.6. The lowest BCUT2D eigenvalue weighted by molar-refractivity contribution is 0.614. The lowest BCUT2D eigenvalue weighted by atomic mass is 10.1. The zero-order valence-corrected chi connectivity index (χ0v) is 11.6. The van der Waals surface area contributed by atoms with Crippen molar-refractivity contribution in [3.8, 4) is 0 Å². The second-order valence-electron chi connectivity index (χ2n) is 4.81. The van der Waals surface area contributed by atoms with Crippen LogP contribution in [0.5, 0.6) is 0 Å². The second kappa shape index (κ2) is 12.8. The highest BCUT2D eigenvalue weighted by Crippen LogP contribution is 2.11. The molecule has 1 heteroatoms. The third kappa shape index (κ3) is 11.8. The van der Waals surface area contributed by atoms with E-state index in [0.717, 1.165) is 0 Å². The Morgan fingerprint density at radius 3 is 2.44 bits per heavy atom. The minimum absolute atomic E-state index is 1.17. The Hall–Kier alpha value is -0.300. The molecule has 0 amide bonds. The molecule has 0 unspecified atom stereocenters. The largest absolute Gasteiger partial charge is 0.320 e. The zero-order chi connectivity index (χ0) is 12.1. The Labute approximate surface area is 103 Å². The predicted octanol–water partition coefficient (Wildman–Crippen LogP) is 4.68. The molecule has 0 fully saturated rings. The van der Waals surface area contributed by atoms with Crippen LogP contribution >= 0.6 is 0 Å². The maximum Gasteiger partial charge on any atom is -0.00519 e. The molecule has 0 heterocycles. The molecule has 0 spiro atoms. The van der Waals surface area contributed by atoms with Crippen molar-refractivity contribution in [2.45, 2.75) is 71.6 Å². The van der Waals surface area contributed by atoms with Crippen molar-refractivity contribution in [2.24, 2.45) is 0 Å². The molecule has 0 aromatic carbocycles. The van der Waals surface area contributed by atoms with Crippen LogP contribution < -0.4 is 5.32 Å². The van der Waals surface area contributed by atoms with Crippen LogP contribution in [0.25, 0.3) is 0 Å². The summed E-state index contributed by atoms with van der Waals surface area (Å²) in [5.41, 5.74) is 1.60. The van der Waals surface area contributed by atoms with E-state index >= 15 is 0 Å². The third-order valence-corrected chi connectivity index (χ3v) is 3.05. The van der Waals surface area contributed by atoms with Gasteiger partial charge in [0.1, 0.15) is 0 Å². The first-order chi connectivity index (χ1) is 7.81. The quantitative estimate of drug-likeness (QED) is 0.397. The number of allylic oxidation sites excluding steroid dienone is 2. The van der Waals surface area contributed by atoms with Crippen LogP contribution in [0.15, 0.2) is 11.6 Å². The summed E-state index contributed by atoms with van der Waals surface area (Å²) >= 11 is 0. The van der Waals surface area contributed by atoms with Crippen LogP contribution in [0.4, 0.5) is 0 Å². The van der Waals surface area contributed by atoms with Gasteiger partial charge in [0.2, 0.25) is 0 Å². The van der Waals surface area contributed by atoms with Crippen LogP contribution in [0.2, 0.25) is 0 Å². The van der Waals surface area contributed by atoms with Crippen molar-refractivity contribution < 1.29 is 0 Å². The molecule has 0 aliphatic rings. The third-order valence-electron chi connectivity index (χ3n) is 3.05. The number of unbranched alkanes of at least 4 members (excludes halogenated alkanes) is 6. The van der Waals surface area contributed by atoms with E-state index in [1.165, 1.54) is 64.3 Å². The molecule has 0 aliphatic carbocycles. The van der Waals surface area contributed by atoms with E-state index < -0.39 is 0 Å². The van der Waals surface area contributed by atoms with Crippen molar-refractivity contribution in [1.82, 2.24) is 5.32 Å². The minimum atomic E-state index is 1.17. The summed E-state index contributed by atoms with van der Waals surface area (Å²) < 4.78 is 0. The predicted molar refractivity (Wildman–Crippen MR) is 74.9 cm³/mol. The molecule has 1 N–H and O–H groups in total. The molecule has 16 heavy (non-hydrogen) atoms. The lowest BCUT2D eigenvalue weighted by Crippen LogP contribution is -2.06. The van der Waals surface area contributed by atoms with Crippen molar-refractivity contribution in [2.75, 3.05) is 13.6 Å². The van der Waals surface area contributed by atoms with Gasteiger partial charge in [-0.3, -0.25) is 0 Å². The molecule has 1 nitrogen and oxygen atoms in total. The van der Waals surface area contributed by atoms with Crippen LogP contribution in [-0.4, -0.2) is 13.6 Å². The number of nitrogens with one attached hydrogen (secondary N) is 1. The van der Waals surface area contributed by atoms with E-state index in [4.69, 9.17) is 0 Å². The van der Waals surface area contributed by atoms with E-state index in [1.807, 2.05) is 7.05 Å². The van der Waals surface area contributed by atoms with Gasteiger partial charge in [-0.25, -0.2) is 0 Å². The Bertz CT molecular complexity index is 161. The molecule has 0 saturated heterocycles. The molecular weight excluding hydrogens is 194 g/mol. The van der Waals surface area contributed by atoms with Gasteiger partial charge in [-0.05, 0) is 52.6 Å². The molecule has 0 aliphatic heterocycles. The smallest absolute Gasteiger partial charge is 0.00519 e. The fraction of sp³-hybridized carbons (Fsp3) is 0.867. The zero-order valence-electron chi connectivity index (χ0n) is 11.6. The van der Waals surface area contributed by atoms with Gasteiger partial charge in [-0.1, -0.05) is 44.3 Å². The summed E-state index contributed by atoms with van der Waals surface area (Å²) in [7, 11) is 2.03. The van der Waals surface area contributed by atoms with Gasteiger partial charge in [0.25, 0.3) is 0 Å². The van der Waals surface area contributed by atoms with Crippen LogP contribution in [-0.2, 0) is 0 Å². The lowest BCUT2D eigenvalue weighted by Gasteiger charge is -2.02. The Morgan fingerprint density at radius 1 is 1.00 bits per heavy atom. The highest BCUT2D eigenvalue weighted by Gasteiger charge is 1.92. The van der Waals surface area contributed by atoms with Gasteiger partial charge in [0.05, 0.1) is 0 Å². The molecule has 0 radical (unpaired) electrons. The molecule has 0 rings (SSSR count). The van der Waals surface area contributed by atoms with E-state index in [9.17, 15) is 0 Å². The van der Waals surface area contributed by atoms with Gasteiger partial charge < -0.3 is 5.32 Å². The van der Waals surface area contributed by atoms with Gasteiger partial charge in [-0.2, -0.15) is 0 Å². The van der Waals surface area contributed by atoms with Crippen LogP contribution in [0.3, 0.4) is 0 Å². The molecule has 0 aromatic heterocycles. The van der Waals surface area contributed by atoms with Crippen molar-refractivity contribution in [3.05, 3.63) is 11.6 Å². The SMILES string of the molecule is CCCCC/C=C(/C)CCCCCCNC. The standard InChI is InChI=1S/C15H31N/c1-4-5-6-9-12-15(2)13-10-7-8-11-14-16-3/h12,16H,4-11,13-14H2,1-3H3/b15-12-. The van der Waals surface area contributed by atoms with Crippen LogP contribution in [0, 0.1) is 0 Å². The van der Waals surface area contributed by atoms with Gasteiger partial charge in [0, 0.05) is 0 Å². The molecule has 0 saturated carbocycles. The topological polar surface area (TPSA) is 12.0 Å². The van der Waals surface area contributed by atoms with Crippen molar-refractivity contribution in [1.29, 1.82) is 0 Å². The monoisotopic (exact) mass is 225 g/mol. The maximum absolute atomic E-state index is 3.20. The summed E-state index contributed by atoms with van der Waals surface area (Å²) in [6, 6.07) is 0. The Kier molecular flexibility index (Phi) is 12.5. The molecule has 96 valence electrons.